The first-order valence-electron chi connectivity index (χ1n) is 8.01. The van der Waals surface area contributed by atoms with Gasteiger partial charge in [-0.2, -0.15) is 0 Å². The molecule has 1 amide bonds. The number of methoxy groups -OCH3 is 1. The summed E-state index contributed by atoms with van der Waals surface area (Å²) in [6.07, 6.45) is 0. The van der Waals surface area contributed by atoms with Crippen LogP contribution in [0.25, 0.3) is 0 Å². The third kappa shape index (κ3) is 4.79. The van der Waals surface area contributed by atoms with E-state index in [9.17, 15) is 4.79 Å². The molecule has 0 aromatic heterocycles. The van der Waals surface area contributed by atoms with Crippen LogP contribution in [0.5, 0.6) is 11.5 Å². The Morgan fingerprint density at radius 1 is 1.24 bits per heavy atom. The average molecular weight is 363 g/mol. The molecule has 25 heavy (non-hydrogen) atoms. The first-order valence-corrected chi connectivity index (χ1v) is 8.38. The monoisotopic (exact) mass is 362 g/mol. The number of nitrogens with one attached hydrogen (secondary N) is 1. The van der Waals surface area contributed by atoms with Crippen LogP contribution in [0.15, 0.2) is 36.4 Å². The van der Waals surface area contributed by atoms with Gasteiger partial charge in [-0.3, -0.25) is 4.79 Å². The number of nitrogens with zero attached hydrogens (tertiary/aromatic N) is 1. The molecule has 0 aliphatic heterocycles. The summed E-state index contributed by atoms with van der Waals surface area (Å²) in [5.41, 5.74) is 2.41. The summed E-state index contributed by atoms with van der Waals surface area (Å²) in [6, 6.07) is 11.0. The second-order valence-electron chi connectivity index (χ2n) is 5.67. The summed E-state index contributed by atoms with van der Waals surface area (Å²) in [5.74, 6) is 0.918. The molecule has 5 nitrogen and oxygen atoms in total. The number of carbonyl (C=O) groups excluding carboxylic acids is 1. The van der Waals surface area contributed by atoms with Crippen molar-refractivity contribution >= 4 is 23.2 Å². The summed E-state index contributed by atoms with van der Waals surface area (Å²) in [7, 11) is 5.43. The number of amides is 1. The molecular formula is C19H23ClN2O3. The summed E-state index contributed by atoms with van der Waals surface area (Å²) in [6.45, 7) is 2.72. The summed E-state index contributed by atoms with van der Waals surface area (Å²) >= 11 is 6.26. The second kappa shape index (κ2) is 8.62. The van der Waals surface area contributed by atoms with Crippen LogP contribution < -0.4 is 19.7 Å². The Morgan fingerprint density at radius 2 is 2.00 bits per heavy atom. The molecule has 0 radical (unpaired) electrons. The Hall–Kier alpha value is -2.40. The molecule has 0 unspecified atom stereocenters. The molecule has 0 atom stereocenters. The molecule has 0 saturated carbocycles. The number of ether oxygens (including phenoxy) is 2. The van der Waals surface area contributed by atoms with Crippen LogP contribution in [0, 0.1) is 0 Å². The highest BCUT2D eigenvalue weighted by Gasteiger charge is 2.13. The van der Waals surface area contributed by atoms with Gasteiger partial charge in [-0.15, -0.1) is 0 Å². The van der Waals surface area contributed by atoms with Crippen LogP contribution in [0.3, 0.4) is 0 Å². The van der Waals surface area contributed by atoms with E-state index in [0.29, 0.717) is 35.2 Å². The normalized spacial score (nSPS) is 10.3. The molecule has 2 aromatic rings. The fourth-order valence-electron chi connectivity index (χ4n) is 2.37. The van der Waals surface area contributed by atoms with E-state index in [-0.39, 0.29) is 5.91 Å². The summed E-state index contributed by atoms with van der Waals surface area (Å²) in [5, 5.41) is 3.36. The molecule has 0 bridgehead atoms. The Balaban J connectivity index is 2.11. The third-order valence-electron chi connectivity index (χ3n) is 3.66. The highest BCUT2D eigenvalue weighted by atomic mass is 35.5. The smallest absolute Gasteiger partial charge is 0.251 e. The van der Waals surface area contributed by atoms with Gasteiger partial charge < -0.3 is 19.7 Å². The van der Waals surface area contributed by atoms with E-state index in [4.69, 9.17) is 21.1 Å². The molecular weight excluding hydrogens is 340 g/mol. The molecule has 1 N–H and O–H groups in total. The number of benzene rings is 2. The molecule has 134 valence electrons. The first kappa shape index (κ1) is 18.9. The van der Waals surface area contributed by atoms with Crippen molar-refractivity contribution in [2.45, 2.75) is 13.5 Å². The van der Waals surface area contributed by atoms with Crippen molar-refractivity contribution in [2.24, 2.45) is 0 Å². The lowest BCUT2D eigenvalue weighted by atomic mass is 10.1. The number of hydrogen-bond donors (Lipinski definition) is 1. The largest absolute Gasteiger partial charge is 0.493 e. The maximum absolute atomic E-state index is 12.4. The van der Waals surface area contributed by atoms with Gasteiger partial charge in [-0.05, 0) is 42.8 Å². The van der Waals surface area contributed by atoms with E-state index in [0.717, 1.165) is 11.3 Å². The molecule has 0 aliphatic carbocycles. The second-order valence-corrected chi connectivity index (χ2v) is 6.08. The maximum Gasteiger partial charge on any atom is 0.251 e. The van der Waals surface area contributed by atoms with Crippen LogP contribution in [-0.2, 0) is 6.54 Å². The highest BCUT2D eigenvalue weighted by Crippen LogP contribution is 2.36. The van der Waals surface area contributed by atoms with E-state index in [1.165, 1.54) is 0 Å². The minimum absolute atomic E-state index is 0.146. The number of halogens is 1. The zero-order valence-electron chi connectivity index (χ0n) is 14.9. The lowest BCUT2D eigenvalue weighted by Crippen LogP contribution is -2.23. The van der Waals surface area contributed by atoms with Crippen molar-refractivity contribution in [3.05, 3.63) is 52.5 Å². The van der Waals surface area contributed by atoms with Crippen molar-refractivity contribution in [2.75, 3.05) is 32.7 Å². The topological polar surface area (TPSA) is 50.8 Å². The van der Waals surface area contributed by atoms with Gasteiger partial charge in [-0.1, -0.05) is 17.7 Å². The molecule has 0 saturated heterocycles. The lowest BCUT2D eigenvalue weighted by molar-refractivity contribution is 0.0951. The van der Waals surface area contributed by atoms with Crippen LogP contribution in [-0.4, -0.2) is 33.7 Å². The van der Waals surface area contributed by atoms with Gasteiger partial charge in [0, 0.05) is 31.9 Å². The van der Waals surface area contributed by atoms with Crippen molar-refractivity contribution in [1.82, 2.24) is 5.32 Å². The van der Waals surface area contributed by atoms with E-state index in [1.807, 2.05) is 50.2 Å². The van der Waals surface area contributed by atoms with Crippen LogP contribution in [0.4, 0.5) is 5.69 Å². The molecule has 0 aliphatic rings. The van der Waals surface area contributed by atoms with Crippen LogP contribution in [0.1, 0.15) is 22.8 Å². The van der Waals surface area contributed by atoms with Crippen molar-refractivity contribution in [3.63, 3.8) is 0 Å². The molecule has 2 aromatic carbocycles. The quantitative estimate of drug-likeness (QED) is 0.815. The predicted octanol–water partition coefficient (Wildman–Crippen LogP) is 3.74. The van der Waals surface area contributed by atoms with Crippen LogP contribution in [0.2, 0.25) is 5.02 Å². The van der Waals surface area contributed by atoms with Gasteiger partial charge in [0.1, 0.15) is 0 Å². The average Bonchev–Trinajstić information content (AvgIpc) is 2.61. The zero-order chi connectivity index (χ0) is 18.4. The molecule has 0 heterocycles. The predicted molar refractivity (Wildman–Crippen MR) is 101 cm³/mol. The Labute approximate surface area is 153 Å². The lowest BCUT2D eigenvalue weighted by Gasteiger charge is -2.15. The molecule has 0 fully saturated rings. The number of anilines is 1. The van der Waals surface area contributed by atoms with Crippen molar-refractivity contribution in [3.8, 4) is 11.5 Å². The van der Waals surface area contributed by atoms with E-state index in [1.54, 1.807) is 19.2 Å². The van der Waals surface area contributed by atoms with E-state index in [2.05, 4.69) is 5.32 Å². The highest BCUT2D eigenvalue weighted by molar-refractivity contribution is 6.32. The summed E-state index contributed by atoms with van der Waals surface area (Å²) in [4.78, 5) is 14.3. The minimum Gasteiger partial charge on any atom is -0.493 e. The summed E-state index contributed by atoms with van der Waals surface area (Å²) < 4.78 is 10.8. The van der Waals surface area contributed by atoms with Gasteiger partial charge in [0.05, 0.1) is 18.7 Å². The fraction of sp³-hybridized carbons (Fsp3) is 0.316. The van der Waals surface area contributed by atoms with Gasteiger partial charge in [-0.25, -0.2) is 0 Å². The number of carbonyl (C=O) groups is 1. The maximum atomic E-state index is 12.4. The van der Waals surface area contributed by atoms with Gasteiger partial charge in [0.25, 0.3) is 5.91 Å². The van der Waals surface area contributed by atoms with E-state index >= 15 is 0 Å². The van der Waals surface area contributed by atoms with Gasteiger partial charge >= 0.3 is 0 Å². The molecule has 2 rings (SSSR count). The van der Waals surface area contributed by atoms with Crippen molar-refractivity contribution < 1.29 is 14.3 Å². The van der Waals surface area contributed by atoms with Gasteiger partial charge in [0.15, 0.2) is 11.5 Å². The Morgan fingerprint density at radius 3 is 2.64 bits per heavy atom. The number of rotatable bonds is 7. The zero-order valence-corrected chi connectivity index (χ0v) is 15.7. The minimum atomic E-state index is -0.146. The third-order valence-corrected chi connectivity index (χ3v) is 3.94. The number of hydrogen-bond acceptors (Lipinski definition) is 4. The Bertz CT molecular complexity index is 747. The van der Waals surface area contributed by atoms with Crippen molar-refractivity contribution in [1.29, 1.82) is 0 Å². The molecule has 6 heteroatoms. The SMILES string of the molecule is CCOc1c(Cl)cc(CNC(=O)c2cccc(N(C)C)c2)cc1OC. The Kier molecular flexibility index (Phi) is 6.53. The first-order chi connectivity index (χ1) is 12.0. The fourth-order valence-corrected chi connectivity index (χ4v) is 2.66. The standard InChI is InChI=1S/C19H23ClN2O3/c1-5-25-18-16(20)9-13(10-17(18)24-4)12-21-19(23)14-7-6-8-15(11-14)22(2)3/h6-11H,5,12H2,1-4H3,(H,21,23). The van der Waals surface area contributed by atoms with E-state index < -0.39 is 0 Å². The van der Waals surface area contributed by atoms with Crippen LogP contribution >= 0.6 is 11.6 Å². The van der Waals surface area contributed by atoms with Gasteiger partial charge in [0.2, 0.25) is 0 Å². The molecule has 0 spiro atoms.